The van der Waals surface area contributed by atoms with Gasteiger partial charge in [0.25, 0.3) is 11.6 Å². The highest BCUT2D eigenvalue weighted by Crippen LogP contribution is 2.25. The predicted octanol–water partition coefficient (Wildman–Crippen LogP) is 3.46. The number of non-ortho nitro benzene ring substituents is 1. The van der Waals surface area contributed by atoms with E-state index in [0.717, 1.165) is 45.3 Å². The number of hydrogen-bond donors (Lipinski definition) is 1. The number of carbonyl (C=O) groups is 1. The van der Waals surface area contributed by atoms with Crippen molar-refractivity contribution in [3.63, 3.8) is 0 Å². The third-order valence-corrected chi connectivity index (χ3v) is 5.41. The van der Waals surface area contributed by atoms with Crippen molar-refractivity contribution >= 4 is 11.6 Å². The van der Waals surface area contributed by atoms with Crippen LogP contribution in [0.25, 0.3) is 0 Å². The molecule has 1 aliphatic carbocycles. The van der Waals surface area contributed by atoms with Crippen molar-refractivity contribution in [3.05, 3.63) is 57.2 Å². The maximum Gasteiger partial charge on any atom is 0.270 e. The van der Waals surface area contributed by atoms with E-state index in [4.69, 9.17) is 4.74 Å². The maximum absolute atomic E-state index is 12.7. The molecule has 1 fully saturated rings. The van der Waals surface area contributed by atoms with Crippen molar-refractivity contribution < 1.29 is 14.5 Å². The molecule has 1 saturated heterocycles. The minimum absolute atomic E-state index is 0.0650. The Labute approximate surface area is 165 Å². The molecule has 0 atom stereocenters. The number of nitrogens with zero attached hydrogens (tertiary/aromatic N) is 2. The van der Waals surface area contributed by atoms with E-state index in [1.807, 2.05) is 0 Å². The average molecular weight is 385 g/mol. The first-order valence-corrected chi connectivity index (χ1v) is 9.65. The van der Waals surface area contributed by atoms with Crippen molar-refractivity contribution in [3.8, 4) is 5.75 Å². The lowest BCUT2D eigenvalue weighted by Gasteiger charge is -2.33. The fourth-order valence-corrected chi connectivity index (χ4v) is 3.68. The summed E-state index contributed by atoms with van der Waals surface area (Å²) in [4.78, 5) is 25.6. The number of allylic oxidation sites excluding steroid dienone is 3. The average Bonchev–Trinajstić information content (AvgIpc) is 2.70. The van der Waals surface area contributed by atoms with Gasteiger partial charge < -0.3 is 10.1 Å². The molecule has 0 unspecified atom stereocenters. The lowest BCUT2D eigenvalue weighted by molar-refractivity contribution is -0.384. The topological polar surface area (TPSA) is 84.7 Å². The molecule has 1 amide bonds. The van der Waals surface area contributed by atoms with Gasteiger partial charge in [-0.15, -0.1) is 0 Å². The van der Waals surface area contributed by atoms with Crippen LogP contribution in [0.1, 0.15) is 43.0 Å². The van der Waals surface area contributed by atoms with Gasteiger partial charge in [0.2, 0.25) is 0 Å². The van der Waals surface area contributed by atoms with Crippen molar-refractivity contribution in [1.82, 2.24) is 10.2 Å². The van der Waals surface area contributed by atoms with Crippen LogP contribution in [0.15, 0.2) is 41.5 Å². The fraction of sp³-hybridized carbons (Fsp3) is 0.476. The molecule has 1 heterocycles. The molecule has 0 bridgehead atoms. The first kappa shape index (κ1) is 20.1. The highest BCUT2D eigenvalue weighted by atomic mass is 16.6. The van der Waals surface area contributed by atoms with E-state index >= 15 is 0 Å². The third kappa shape index (κ3) is 4.98. The van der Waals surface area contributed by atoms with Gasteiger partial charge >= 0.3 is 0 Å². The van der Waals surface area contributed by atoms with Crippen molar-refractivity contribution in [2.24, 2.45) is 0 Å². The summed E-state index contributed by atoms with van der Waals surface area (Å²) >= 11 is 0. The monoisotopic (exact) mass is 385 g/mol. The van der Waals surface area contributed by atoms with Gasteiger partial charge in [-0.25, -0.2) is 0 Å². The van der Waals surface area contributed by atoms with Gasteiger partial charge in [0.15, 0.2) is 0 Å². The summed E-state index contributed by atoms with van der Waals surface area (Å²) in [6.07, 6.45) is 8.45. The number of ether oxygens (including phenoxy) is 1. The molecule has 2 aliphatic rings. The highest BCUT2D eigenvalue weighted by Gasteiger charge is 2.24. The Hall–Kier alpha value is -2.67. The van der Waals surface area contributed by atoms with Crippen molar-refractivity contribution in [1.29, 1.82) is 0 Å². The molecular formula is C21H27N3O4. The number of carbonyl (C=O) groups excluding carboxylic acids is 1. The van der Waals surface area contributed by atoms with Gasteiger partial charge in [-0.2, -0.15) is 0 Å². The second-order valence-corrected chi connectivity index (χ2v) is 7.49. The molecule has 7 nitrogen and oxygen atoms in total. The molecule has 1 aromatic carbocycles. The van der Waals surface area contributed by atoms with Gasteiger partial charge in [0.05, 0.1) is 17.6 Å². The Kier molecular flexibility index (Phi) is 6.46. The number of rotatable bonds is 6. The summed E-state index contributed by atoms with van der Waals surface area (Å²) in [6.45, 7) is 5.01. The van der Waals surface area contributed by atoms with Crippen LogP contribution >= 0.6 is 0 Å². The normalized spacial score (nSPS) is 18.2. The third-order valence-electron chi connectivity index (χ3n) is 5.41. The van der Waals surface area contributed by atoms with Crippen LogP contribution in [0.4, 0.5) is 5.69 Å². The van der Waals surface area contributed by atoms with Crippen LogP contribution in [0.2, 0.25) is 0 Å². The number of amides is 1. The van der Waals surface area contributed by atoms with Crippen LogP contribution < -0.4 is 10.1 Å². The Morgan fingerprint density at radius 2 is 2.04 bits per heavy atom. The van der Waals surface area contributed by atoms with Gasteiger partial charge in [-0.3, -0.25) is 19.8 Å². The SMILES string of the molecule is COc1ccc([N+](=O)[O-])cc1C(=O)NC1CCN(CC2=CCC(C)=CC2)CC1. The molecule has 1 aliphatic heterocycles. The molecule has 1 aromatic rings. The number of nitro groups is 1. The smallest absolute Gasteiger partial charge is 0.270 e. The zero-order valence-corrected chi connectivity index (χ0v) is 16.4. The summed E-state index contributed by atoms with van der Waals surface area (Å²) in [7, 11) is 1.45. The number of likely N-dealkylation sites (tertiary alicyclic amines) is 1. The number of benzene rings is 1. The quantitative estimate of drug-likeness (QED) is 0.460. The van der Waals surface area contributed by atoms with Gasteiger partial charge in [0.1, 0.15) is 5.75 Å². The summed E-state index contributed by atoms with van der Waals surface area (Å²) in [5, 5.41) is 14.0. The zero-order valence-electron chi connectivity index (χ0n) is 16.4. The standard InChI is InChI=1S/C21H27N3O4/c1-15-3-5-16(6-4-15)14-23-11-9-17(10-12-23)22-21(25)19-13-18(24(26)27)7-8-20(19)28-2/h3,6-8,13,17H,4-5,9-12,14H2,1-2H3,(H,22,25). The molecular weight excluding hydrogens is 358 g/mol. The molecule has 0 spiro atoms. The second kappa shape index (κ2) is 9.01. The summed E-state index contributed by atoms with van der Waals surface area (Å²) in [6, 6.07) is 4.14. The van der Waals surface area contributed by atoms with Crippen LogP contribution in [-0.4, -0.2) is 48.5 Å². The molecule has 0 saturated carbocycles. The largest absolute Gasteiger partial charge is 0.496 e. The van der Waals surface area contributed by atoms with Crippen LogP contribution in [-0.2, 0) is 0 Å². The van der Waals surface area contributed by atoms with E-state index in [1.165, 1.54) is 36.5 Å². The number of nitrogens with one attached hydrogen (secondary N) is 1. The summed E-state index contributed by atoms with van der Waals surface area (Å²) in [5.74, 6) is 0.0164. The van der Waals surface area contributed by atoms with E-state index in [9.17, 15) is 14.9 Å². The molecule has 1 N–H and O–H groups in total. The number of nitro benzene ring substituents is 1. The second-order valence-electron chi connectivity index (χ2n) is 7.49. The van der Waals surface area contributed by atoms with Crippen LogP contribution in [0.5, 0.6) is 5.75 Å². The molecule has 0 aromatic heterocycles. The number of hydrogen-bond acceptors (Lipinski definition) is 5. The Bertz CT molecular complexity index is 808. The van der Waals surface area contributed by atoms with E-state index in [2.05, 4.69) is 29.3 Å². The van der Waals surface area contributed by atoms with Gasteiger partial charge in [0, 0.05) is 37.8 Å². The van der Waals surface area contributed by atoms with E-state index in [1.54, 1.807) is 0 Å². The summed E-state index contributed by atoms with van der Waals surface area (Å²) < 4.78 is 5.20. The van der Waals surface area contributed by atoms with Crippen LogP contribution in [0.3, 0.4) is 0 Å². The Morgan fingerprint density at radius 3 is 2.64 bits per heavy atom. The zero-order chi connectivity index (χ0) is 20.1. The van der Waals surface area contributed by atoms with Crippen molar-refractivity contribution in [2.75, 3.05) is 26.7 Å². The molecule has 150 valence electrons. The van der Waals surface area contributed by atoms with Gasteiger partial charge in [-0.05, 0) is 38.7 Å². The minimum Gasteiger partial charge on any atom is -0.496 e. The van der Waals surface area contributed by atoms with Crippen molar-refractivity contribution in [2.45, 2.75) is 38.6 Å². The predicted molar refractivity (Wildman–Crippen MR) is 108 cm³/mol. The minimum atomic E-state index is -0.509. The van der Waals surface area contributed by atoms with Gasteiger partial charge in [-0.1, -0.05) is 23.3 Å². The Morgan fingerprint density at radius 1 is 1.29 bits per heavy atom. The number of methoxy groups -OCH3 is 1. The first-order chi connectivity index (χ1) is 13.5. The van der Waals surface area contributed by atoms with E-state index in [-0.39, 0.29) is 23.2 Å². The van der Waals surface area contributed by atoms with E-state index in [0.29, 0.717) is 5.75 Å². The lowest BCUT2D eigenvalue weighted by Crippen LogP contribution is -2.45. The molecule has 7 heteroatoms. The molecule has 28 heavy (non-hydrogen) atoms. The lowest BCUT2D eigenvalue weighted by atomic mass is 9.98. The highest BCUT2D eigenvalue weighted by molar-refractivity contribution is 5.97. The number of piperidine rings is 1. The summed E-state index contributed by atoms with van der Waals surface area (Å²) in [5.41, 5.74) is 2.98. The molecule has 3 rings (SSSR count). The fourth-order valence-electron chi connectivity index (χ4n) is 3.68. The molecule has 0 radical (unpaired) electrons. The first-order valence-electron chi connectivity index (χ1n) is 9.65. The van der Waals surface area contributed by atoms with Crippen LogP contribution in [0, 0.1) is 10.1 Å². The maximum atomic E-state index is 12.7. The Balaban J connectivity index is 1.54. The van der Waals surface area contributed by atoms with E-state index < -0.39 is 4.92 Å².